The van der Waals surface area contributed by atoms with E-state index in [-0.39, 0.29) is 23.2 Å². The van der Waals surface area contributed by atoms with Crippen LogP contribution in [-0.4, -0.2) is 44.2 Å². The van der Waals surface area contributed by atoms with E-state index < -0.39 is 11.9 Å². The van der Waals surface area contributed by atoms with Crippen molar-refractivity contribution in [2.24, 2.45) is 0 Å². The highest BCUT2D eigenvalue weighted by molar-refractivity contribution is 7.80. The van der Waals surface area contributed by atoms with Gasteiger partial charge in [0.25, 0.3) is 0 Å². The van der Waals surface area contributed by atoms with Crippen molar-refractivity contribution in [3.8, 4) is 11.3 Å². The summed E-state index contributed by atoms with van der Waals surface area (Å²) in [5.74, 6) is -1.48. The molecule has 8 nitrogen and oxygen atoms in total. The molecule has 0 radical (unpaired) electrons. The maximum absolute atomic E-state index is 11.4. The molecule has 3 N–H and O–H groups in total. The Morgan fingerprint density at radius 1 is 1.10 bits per heavy atom. The van der Waals surface area contributed by atoms with Crippen molar-refractivity contribution >= 4 is 29.3 Å². The summed E-state index contributed by atoms with van der Waals surface area (Å²) >= 11 is 5.40. The van der Waals surface area contributed by atoms with Gasteiger partial charge in [-0.05, 0) is 54.7 Å². The van der Waals surface area contributed by atoms with Crippen molar-refractivity contribution in [1.82, 2.24) is 15.2 Å². The first-order valence-electron chi connectivity index (χ1n) is 9.01. The monoisotopic (exact) mass is 423 g/mol. The fourth-order valence-electron chi connectivity index (χ4n) is 3.50. The van der Waals surface area contributed by atoms with Crippen molar-refractivity contribution < 1.29 is 24.2 Å². The summed E-state index contributed by atoms with van der Waals surface area (Å²) in [5, 5.41) is 22.4. The zero-order valence-corrected chi connectivity index (χ0v) is 16.6. The topological polar surface area (TPSA) is 116 Å². The number of aromatic nitrogens is 1. The van der Waals surface area contributed by atoms with Crippen molar-refractivity contribution in [3.63, 3.8) is 0 Å². The van der Waals surface area contributed by atoms with Gasteiger partial charge in [0.1, 0.15) is 17.6 Å². The minimum atomic E-state index is -1.22. The van der Waals surface area contributed by atoms with Gasteiger partial charge in [-0.15, -0.1) is 0 Å². The van der Waals surface area contributed by atoms with Gasteiger partial charge in [-0.3, -0.25) is 4.98 Å². The molecule has 0 saturated carbocycles. The lowest BCUT2D eigenvalue weighted by molar-refractivity contribution is 0.0696. The molecule has 3 aromatic rings. The number of furan rings is 1. The Balaban J connectivity index is 1.74. The summed E-state index contributed by atoms with van der Waals surface area (Å²) in [7, 11) is 1.85. The molecule has 4 rings (SSSR count). The Labute approximate surface area is 176 Å². The number of likely N-dealkylation sites (N-methyl/N-ethyl adjacent to an activating group) is 1. The summed E-state index contributed by atoms with van der Waals surface area (Å²) in [6, 6.07) is 12.4. The maximum atomic E-state index is 11.4. The smallest absolute Gasteiger partial charge is 0.335 e. The lowest BCUT2D eigenvalue weighted by Crippen LogP contribution is -2.24. The Bertz CT molecular complexity index is 1110. The molecule has 2 atom stereocenters. The molecule has 1 saturated heterocycles. The van der Waals surface area contributed by atoms with E-state index in [1.54, 1.807) is 18.3 Å². The largest absolute Gasteiger partial charge is 0.478 e. The fraction of sp³-hybridized carbons (Fsp3) is 0.143. The molecule has 2 aromatic heterocycles. The second-order valence-electron chi connectivity index (χ2n) is 6.85. The van der Waals surface area contributed by atoms with Crippen LogP contribution < -0.4 is 5.32 Å². The van der Waals surface area contributed by atoms with Crippen LogP contribution >= 0.6 is 12.2 Å². The van der Waals surface area contributed by atoms with E-state index in [0.29, 0.717) is 22.2 Å². The molecule has 3 heterocycles. The summed E-state index contributed by atoms with van der Waals surface area (Å²) < 4.78 is 6.04. The van der Waals surface area contributed by atoms with Gasteiger partial charge in [0, 0.05) is 18.8 Å². The number of nitrogens with one attached hydrogen (secondary N) is 1. The highest BCUT2D eigenvalue weighted by Gasteiger charge is 2.39. The molecule has 1 aliphatic heterocycles. The van der Waals surface area contributed by atoms with Gasteiger partial charge in [-0.1, -0.05) is 6.07 Å². The number of nitrogens with zero attached hydrogens (tertiary/aromatic N) is 2. The predicted molar refractivity (Wildman–Crippen MR) is 111 cm³/mol. The standard InChI is InChI=1S/C21H17N3O5S/c1-24-18(17(23-21(24)30)14-4-2-3-7-22-14)16-6-5-15(29-16)11-8-12(19(25)26)10-13(9-11)20(27)28/h2-10,17-18H,1H3,(H,23,30)(H,25,26)(H,27,28). The molecule has 30 heavy (non-hydrogen) atoms. The van der Waals surface area contributed by atoms with E-state index in [1.807, 2.05) is 30.1 Å². The first-order chi connectivity index (χ1) is 14.3. The van der Waals surface area contributed by atoms with Crippen LogP contribution in [0.25, 0.3) is 11.3 Å². The molecule has 9 heteroatoms. The minimum absolute atomic E-state index is 0.130. The van der Waals surface area contributed by atoms with Crippen LogP contribution in [0.4, 0.5) is 0 Å². The number of carboxylic acid groups (broad SMARTS) is 2. The minimum Gasteiger partial charge on any atom is -0.478 e. The van der Waals surface area contributed by atoms with Crippen LogP contribution in [0.15, 0.2) is 59.1 Å². The molecule has 152 valence electrons. The number of hydrogen-bond donors (Lipinski definition) is 3. The van der Waals surface area contributed by atoms with Gasteiger partial charge in [-0.25, -0.2) is 9.59 Å². The third kappa shape index (κ3) is 3.50. The average Bonchev–Trinajstić information content (AvgIpc) is 3.33. The van der Waals surface area contributed by atoms with Gasteiger partial charge >= 0.3 is 11.9 Å². The van der Waals surface area contributed by atoms with E-state index in [1.165, 1.54) is 12.1 Å². The van der Waals surface area contributed by atoms with Crippen molar-refractivity contribution in [2.75, 3.05) is 7.05 Å². The van der Waals surface area contributed by atoms with Crippen LogP contribution in [0.3, 0.4) is 0 Å². The van der Waals surface area contributed by atoms with Crippen molar-refractivity contribution in [3.05, 3.63) is 77.3 Å². The molecular formula is C21H17N3O5S. The molecule has 2 unspecified atom stereocenters. The normalized spacial score (nSPS) is 18.3. The molecule has 0 aliphatic carbocycles. The lowest BCUT2D eigenvalue weighted by atomic mass is 10.0. The lowest BCUT2D eigenvalue weighted by Gasteiger charge is -2.21. The Morgan fingerprint density at radius 3 is 2.40 bits per heavy atom. The molecule has 1 fully saturated rings. The third-order valence-corrected chi connectivity index (χ3v) is 5.37. The second-order valence-corrected chi connectivity index (χ2v) is 7.24. The van der Waals surface area contributed by atoms with E-state index >= 15 is 0 Å². The number of hydrogen-bond acceptors (Lipinski definition) is 5. The Hall–Kier alpha value is -3.72. The molecule has 0 spiro atoms. The number of thiocarbonyl (C=S) groups is 1. The molecule has 1 aliphatic rings. The summed E-state index contributed by atoms with van der Waals surface area (Å²) in [6.07, 6.45) is 1.70. The summed E-state index contributed by atoms with van der Waals surface area (Å²) in [6.45, 7) is 0. The first-order valence-corrected chi connectivity index (χ1v) is 9.42. The molecule has 0 bridgehead atoms. The highest BCUT2D eigenvalue weighted by atomic mass is 32.1. The summed E-state index contributed by atoms with van der Waals surface area (Å²) in [4.78, 5) is 29.1. The van der Waals surface area contributed by atoms with Gasteiger partial charge in [0.05, 0.1) is 22.9 Å². The average molecular weight is 423 g/mol. The van der Waals surface area contributed by atoms with Gasteiger partial charge in [-0.2, -0.15) is 0 Å². The molecule has 1 aromatic carbocycles. The molecule has 0 amide bonds. The van der Waals surface area contributed by atoms with Crippen LogP contribution in [0, 0.1) is 0 Å². The van der Waals surface area contributed by atoms with E-state index in [0.717, 1.165) is 11.8 Å². The van der Waals surface area contributed by atoms with E-state index in [9.17, 15) is 19.8 Å². The van der Waals surface area contributed by atoms with Crippen LogP contribution in [0.1, 0.15) is 44.3 Å². The van der Waals surface area contributed by atoms with Gasteiger partial charge in [0.2, 0.25) is 0 Å². The Kier molecular flexibility index (Phi) is 4.96. The first kappa shape index (κ1) is 19.6. The number of aromatic carboxylic acids is 2. The van der Waals surface area contributed by atoms with Gasteiger partial charge < -0.3 is 24.8 Å². The van der Waals surface area contributed by atoms with E-state index in [2.05, 4.69) is 10.3 Å². The number of rotatable bonds is 5. The van der Waals surface area contributed by atoms with Crippen LogP contribution in [-0.2, 0) is 0 Å². The second kappa shape index (κ2) is 7.60. The van der Waals surface area contributed by atoms with Crippen molar-refractivity contribution in [1.29, 1.82) is 0 Å². The Morgan fingerprint density at radius 2 is 1.80 bits per heavy atom. The number of pyridine rings is 1. The van der Waals surface area contributed by atoms with Crippen molar-refractivity contribution in [2.45, 2.75) is 12.1 Å². The zero-order chi connectivity index (χ0) is 21.4. The molecular weight excluding hydrogens is 406 g/mol. The van der Waals surface area contributed by atoms with Crippen LogP contribution in [0.2, 0.25) is 0 Å². The number of carbonyl (C=O) groups is 2. The quantitative estimate of drug-likeness (QED) is 0.531. The van der Waals surface area contributed by atoms with Crippen LogP contribution in [0.5, 0.6) is 0 Å². The highest BCUT2D eigenvalue weighted by Crippen LogP contribution is 2.39. The fourth-order valence-corrected chi connectivity index (χ4v) is 3.74. The number of benzene rings is 1. The SMILES string of the molecule is CN1C(=S)NC(c2ccccn2)C1c1ccc(-c2cc(C(=O)O)cc(C(=O)O)c2)o1. The van der Waals surface area contributed by atoms with E-state index in [4.69, 9.17) is 16.6 Å². The predicted octanol–water partition coefficient (Wildman–Crippen LogP) is 3.34. The van der Waals surface area contributed by atoms with Gasteiger partial charge in [0.15, 0.2) is 5.11 Å². The number of carboxylic acids is 2. The summed E-state index contributed by atoms with van der Waals surface area (Å²) in [5.41, 5.74) is 0.905. The third-order valence-electron chi connectivity index (χ3n) is 4.97. The zero-order valence-electron chi connectivity index (χ0n) is 15.8. The maximum Gasteiger partial charge on any atom is 0.335 e.